The van der Waals surface area contributed by atoms with Gasteiger partial charge in [-0.1, -0.05) is 175 Å². The summed E-state index contributed by atoms with van der Waals surface area (Å²) in [5.41, 5.74) is 16.6. The van der Waals surface area contributed by atoms with Crippen molar-refractivity contribution in [2.24, 2.45) is 0 Å². The molecule has 8 aromatic carbocycles. The number of rotatable bonds is 6. The quantitative estimate of drug-likeness (QED) is 0.156. The zero-order valence-corrected chi connectivity index (χ0v) is 43.3. The van der Waals surface area contributed by atoms with Crippen LogP contribution in [0.4, 0.5) is 28.4 Å². The van der Waals surface area contributed by atoms with E-state index in [1.807, 2.05) is 41.5 Å². The summed E-state index contributed by atoms with van der Waals surface area (Å²) >= 11 is 0. The number of para-hydroxylation sites is 3. The lowest BCUT2D eigenvalue weighted by atomic mass is 9.91. The van der Waals surface area contributed by atoms with E-state index in [-0.39, 0.29) is 0 Å². The molecule has 0 amide bonds. The van der Waals surface area contributed by atoms with Crippen molar-refractivity contribution in [3.05, 3.63) is 190 Å². The molecule has 0 spiro atoms. The standard InChI is InChI=1S/C60H50N2O2.3C2H6/c1-35-20-23-37(3)49(31-22-35)61(52-18-10-17-46-44-15-9-13-40(6)58(44)64-59(46)52)50-32-27-41-26-30-48-51(33-28-42-25-29-47(50)55(41)56(42)48)62(54-34-36(2)21-24-38(54)4)53-19-11-16-45-43-14-8-7-12-39(5)57(43)63-60(45)53;3*1-2/h8-11,13-21,23-34,39H,7,12,22H2,1-6H3;3*1-2H3. The van der Waals surface area contributed by atoms with E-state index in [4.69, 9.17) is 8.83 Å². The second kappa shape index (κ2) is 20.0. The van der Waals surface area contributed by atoms with Crippen molar-refractivity contribution in [1.82, 2.24) is 0 Å². The Bertz CT molecular complexity index is 3680. The van der Waals surface area contributed by atoms with Crippen LogP contribution in [0.2, 0.25) is 0 Å². The van der Waals surface area contributed by atoms with Crippen LogP contribution >= 0.6 is 0 Å². The van der Waals surface area contributed by atoms with E-state index in [0.29, 0.717) is 5.92 Å². The molecule has 2 aliphatic carbocycles. The minimum atomic E-state index is 0.332. The highest BCUT2D eigenvalue weighted by Gasteiger charge is 2.29. The van der Waals surface area contributed by atoms with Crippen molar-refractivity contribution >= 4 is 99.7 Å². The van der Waals surface area contributed by atoms with Crippen LogP contribution in [0.1, 0.15) is 116 Å². The predicted molar refractivity (Wildman–Crippen MR) is 306 cm³/mol. The summed E-state index contributed by atoms with van der Waals surface area (Å²) in [6.45, 7) is 25.3. The number of benzene rings is 8. The SMILES string of the molecule is CC.CC.CC.CC1=CC=C(C)C(N(c2ccc3ccc4c(N(c5cc(C)ccc5C)c5cccc6c7c(oc56)C(C)CCC=C7)ccc5ccc2c3c54)c2cccc3c2oc2c(C)cccc23)=CC1. The number of aryl methyl sites for hydroxylation is 3. The zero-order valence-electron chi connectivity index (χ0n) is 43.3. The zero-order chi connectivity index (χ0) is 49.4. The van der Waals surface area contributed by atoms with Crippen molar-refractivity contribution in [3.63, 3.8) is 0 Å². The second-order valence-electron chi connectivity index (χ2n) is 18.3. The molecule has 2 heterocycles. The van der Waals surface area contributed by atoms with Crippen LogP contribution in [-0.4, -0.2) is 0 Å². The van der Waals surface area contributed by atoms with E-state index in [2.05, 4.69) is 203 Å². The number of furan rings is 2. The maximum absolute atomic E-state index is 7.04. The molecule has 1 unspecified atom stereocenters. The summed E-state index contributed by atoms with van der Waals surface area (Å²) in [6.07, 6.45) is 14.5. The lowest BCUT2D eigenvalue weighted by Crippen LogP contribution is -2.18. The molecule has 354 valence electrons. The average Bonchev–Trinajstić information content (AvgIpc) is 3.86. The number of hydrogen-bond acceptors (Lipinski definition) is 4. The monoisotopic (exact) mass is 921 g/mol. The van der Waals surface area contributed by atoms with Gasteiger partial charge in [0.05, 0.1) is 22.7 Å². The summed E-state index contributed by atoms with van der Waals surface area (Å²) in [6, 6.07) is 45.1. The van der Waals surface area contributed by atoms with Crippen LogP contribution in [-0.2, 0) is 0 Å². The summed E-state index contributed by atoms with van der Waals surface area (Å²) < 4.78 is 14.0. The van der Waals surface area contributed by atoms with E-state index in [1.165, 1.54) is 60.2 Å². The van der Waals surface area contributed by atoms with E-state index in [9.17, 15) is 0 Å². The number of nitrogens with zero attached hydrogens (tertiary/aromatic N) is 2. The average molecular weight is 921 g/mol. The molecule has 2 aliphatic rings. The molecular weight excluding hydrogens is 853 g/mol. The fraction of sp³-hybridized carbons (Fsp3) is 0.242. The Morgan fingerprint density at radius 3 is 1.77 bits per heavy atom. The number of hydrogen-bond donors (Lipinski definition) is 0. The molecular formula is C66H68N2O2. The van der Waals surface area contributed by atoms with Crippen molar-refractivity contribution in [2.75, 3.05) is 9.80 Å². The van der Waals surface area contributed by atoms with Gasteiger partial charge in [0.1, 0.15) is 11.3 Å². The predicted octanol–water partition coefficient (Wildman–Crippen LogP) is 20.9. The summed E-state index contributed by atoms with van der Waals surface area (Å²) in [4.78, 5) is 4.93. The smallest absolute Gasteiger partial charge is 0.159 e. The molecule has 0 fully saturated rings. The van der Waals surface area contributed by atoms with Crippen LogP contribution in [0.15, 0.2) is 171 Å². The van der Waals surface area contributed by atoms with E-state index < -0.39 is 0 Å². The van der Waals surface area contributed by atoms with Gasteiger partial charge < -0.3 is 18.6 Å². The van der Waals surface area contributed by atoms with Gasteiger partial charge in [-0.3, -0.25) is 0 Å². The molecule has 4 heteroatoms. The van der Waals surface area contributed by atoms with Gasteiger partial charge in [-0.05, 0) is 128 Å². The largest absolute Gasteiger partial charge is 0.458 e. The molecule has 0 N–H and O–H groups in total. The van der Waals surface area contributed by atoms with Crippen molar-refractivity contribution < 1.29 is 8.83 Å². The fourth-order valence-corrected chi connectivity index (χ4v) is 10.7. The normalized spacial score (nSPS) is 14.5. The molecule has 0 saturated carbocycles. The first-order valence-corrected chi connectivity index (χ1v) is 25.8. The summed E-state index contributed by atoms with van der Waals surface area (Å²) in [7, 11) is 0. The van der Waals surface area contributed by atoms with Crippen LogP contribution < -0.4 is 9.80 Å². The van der Waals surface area contributed by atoms with Gasteiger partial charge in [0.25, 0.3) is 0 Å². The second-order valence-corrected chi connectivity index (χ2v) is 18.3. The van der Waals surface area contributed by atoms with E-state index in [1.54, 1.807) is 0 Å². The van der Waals surface area contributed by atoms with Gasteiger partial charge in [0.15, 0.2) is 11.2 Å². The highest BCUT2D eigenvalue weighted by molar-refractivity contribution is 6.28. The maximum Gasteiger partial charge on any atom is 0.159 e. The van der Waals surface area contributed by atoms with E-state index >= 15 is 0 Å². The molecule has 12 rings (SSSR count). The third-order valence-corrected chi connectivity index (χ3v) is 14.0. The molecule has 0 radical (unpaired) electrons. The Morgan fingerprint density at radius 1 is 0.500 bits per heavy atom. The summed E-state index contributed by atoms with van der Waals surface area (Å²) in [5, 5.41) is 10.7. The lowest BCUT2D eigenvalue weighted by Gasteiger charge is -2.31. The molecule has 10 aromatic rings. The first kappa shape index (κ1) is 47.8. The fourth-order valence-electron chi connectivity index (χ4n) is 10.7. The van der Waals surface area contributed by atoms with Crippen molar-refractivity contribution in [2.45, 2.75) is 108 Å². The van der Waals surface area contributed by atoms with Gasteiger partial charge >= 0.3 is 0 Å². The summed E-state index contributed by atoms with van der Waals surface area (Å²) in [5.74, 6) is 1.41. The number of allylic oxidation sites excluding steroid dienone is 6. The van der Waals surface area contributed by atoms with Crippen molar-refractivity contribution in [3.8, 4) is 0 Å². The highest BCUT2D eigenvalue weighted by atomic mass is 16.3. The number of anilines is 5. The molecule has 0 bridgehead atoms. The number of fused-ring (bicyclic) bond motifs is 6. The Hall–Kier alpha value is -7.30. The van der Waals surface area contributed by atoms with Crippen molar-refractivity contribution in [1.29, 1.82) is 0 Å². The highest BCUT2D eigenvalue weighted by Crippen LogP contribution is 2.51. The van der Waals surface area contributed by atoms with Gasteiger partial charge in [-0.25, -0.2) is 0 Å². The molecule has 1 atom stereocenters. The third kappa shape index (κ3) is 7.98. The van der Waals surface area contributed by atoms with Gasteiger partial charge in [-0.2, -0.15) is 0 Å². The Kier molecular flexibility index (Phi) is 13.6. The van der Waals surface area contributed by atoms with Crippen LogP contribution in [0.3, 0.4) is 0 Å². The Balaban J connectivity index is 0.000000978. The molecule has 2 aromatic heterocycles. The molecule has 70 heavy (non-hydrogen) atoms. The van der Waals surface area contributed by atoms with Gasteiger partial charge in [0, 0.05) is 49.8 Å². The topological polar surface area (TPSA) is 32.8 Å². The van der Waals surface area contributed by atoms with E-state index in [0.717, 1.165) is 97.6 Å². The Labute approximate surface area is 415 Å². The minimum absolute atomic E-state index is 0.332. The van der Waals surface area contributed by atoms with Crippen LogP contribution in [0.25, 0.3) is 71.3 Å². The lowest BCUT2D eigenvalue weighted by molar-refractivity contribution is 0.493. The third-order valence-electron chi connectivity index (χ3n) is 14.0. The van der Waals surface area contributed by atoms with Gasteiger partial charge in [0.2, 0.25) is 0 Å². The molecule has 4 nitrogen and oxygen atoms in total. The van der Waals surface area contributed by atoms with Gasteiger partial charge in [-0.15, -0.1) is 0 Å². The minimum Gasteiger partial charge on any atom is -0.458 e. The maximum atomic E-state index is 7.04. The Morgan fingerprint density at radius 2 is 1.09 bits per heavy atom. The van der Waals surface area contributed by atoms with Crippen LogP contribution in [0, 0.1) is 20.8 Å². The molecule has 0 saturated heterocycles. The molecule has 0 aliphatic heterocycles. The van der Waals surface area contributed by atoms with Crippen LogP contribution in [0.5, 0.6) is 0 Å². The first-order valence-electron chi connectivity index (χ1n) is 25.8. The first-order chi connectivity index (χ1) is 34.2.